The fourth-order valence-electron chi connectivity index (χ4n) is 8.60. The molecular formula is C44H29BN4. The first-order valence-corrected chi connectivity index (χ1v) is 16.9. The Bertz CT molecular complexity index is 2530. The molecule has 49 heavy (non-hydrogen) atoms. The third-order valence-electron chi connectivity index (χ3n) is 10.4. The van der Waals surface area contributed by atoms with Crippen LogP contribution in [0.25, 0.3) is 16.6 Å². The van der Waals surface area contributed by atoms with Gasteiger partial charge in [0.25, 0.3) is 6.71 Å². The first kappa shape index (κ1) is 26.6. The van der Waals surface area contributed by atoms with Crippen LogP contribution in [-0.2, 0) is 0 Å². The molecule has 228 valence electrons. The molecule has 0 saturated heterocycles. The van der Waals surface area contributed by atoms with E-state index in [1.807, 2.05) is 0 Å². The Labute approximate surface area is 285 Å². The molecular weight excluding hydrogens is 595 g/mol. The molecule has 0 amide bonds. The summed E-state index contributed by atoms with van der Waals surface area (Å²) in [6.07, 6.45) is 0. The standard InChI is InChI=1S/C44H29BN4/c1-5-16-30(17-6-1)46(31-18-7-2-8-19-31)34-28-39-42-40(29-34)48(33-22-11-4-12-23-33)43-35-24-13-14-25-36(35)49-38-27-15-26-37(41(38)45(42)44(43)49)47(39)32-20-9-3-10-21-32/h1-29H. The molecule has 1 aromatic heterocycles. The molecule has 0 N–H and O–H groups in total. The molecule has 4 heterocycles. The molecule has 3 aliphatic rings. The molecule has 0 radical (unpaired) electrons. The summed E-state index contributed by atoms with van der Waals surface area (Å²) in [6, 6.07) is 63.9. The molecule has 0 saturated carbocycles. The van der Waals surface area contributed by atoms with Crippen LogP contribution in [0.1, 0.15) is 0 Å². The fourth-order valence-corrected chi connectivity index (χ4v) is 8.60. The first-order valence-electron chi connectivity index (χ1n) is 16.9. The van der Waals surface area contributed by atoms with Crippen LogP contribution in [0.4, 0.5) is 51.2 Å². The highest BCUT2D eigenvalue weighted by Gasteiger charge is 2.51. The Kier molecular flexibility index (Phi) is 5.44. The summed E-state index contributed by atoms with van der Waals surface area (Å²) >= 11 is 0. The van der Waals surface area contributed by atoms with Gasteiger partial charge in [-0.2, -0.15) is 0 Å². The van der Waals surface area contributed by atoms with Crippen LogP contribution < -0.4 is 31.2 Å². The number of para-hydroxylation sites is 5. The van der Waals surface area contributed by atoms with E-state index in [0.29, 0.717) is 0 Å². The van der Waals surface area contributed by atoms with E-state index >= 15 is 0 Å². The van der Waals surface area contributed by atoms with E-state index in [-0.39, 0.29) is 6.71 Å². The van der Waals surface area contributed by atoms with Gasteiger partial charge in [-0.25, -0.2) is 0 Å². The molecule has 0 bridgehead atoms. The van der Waals surface area contributed by atoms with Crippen LogP contribution in [0.5, 0.6) is 0 Å². The molecule has 8 aromatic rings. The summed E-state index contributed by atoms with van der Waals surface area (Å²) < 4.78 is 2.54. The van der Waals surface area contributed by atoms with Crippen molar-refractivity contribution in [1.82, 2.24) is 4.57 Å². The van der Waals surface area contributed by atoms with E-state index in [9.17, 15) is 0 Å². The van der Waals surface area contributed by atoms with Crippen molar-refractivity contribution in [2.75, 3.05) is 14.7 Å². The highest BCUT2D eigenvalue weighted by atomic mass is 15.2. The van der Waals surface area contributed by atoms with Gasteiger partial charge in [-0.05, 0) is 89.8 Å². The number of nitrogens with zero attached hydrogens (tertiary/aromatic N) is 4. The minimum absolute atomic E-state index is 0.106. The molecule has 7 aromatic carbocycles. The largest absolute Gasteiger partial charge is 0.320 e. The Balaban J connectivity index is 1.31. The van der Waals surface area contributed by atoms with Crippen LogP contribution >= 0.6 is 0 Å². The number of fused-ring (bicyclic) bond motifs is 4. The van der Waals surface area contributed by atoms with Crippen LogP contribution in [0.2, 0.25) is 0 Å². The van der Waals surface area contributed by atoms with Crippen molar-refractivity contribution in [3.63, 3.8) is 0 Å². The van der Waals surface area contributed by atoms with Gasteiger partial charge in [0.15, 0.2) is 0 Å². The topological polar surface area (TPSA) is 14.7 Å². The highest BCUT2D eigenvalue weighted by molar-refractivity contribution is 7.02. The average molecular weight is 625 g/mol. The molecule has 0 aliphatic carbocycles. The van der Waals surface area contributed by atoms with Gasteiger partial charge in [0.2, 0.25) is 0 Å². The van der Waals surface area contributed by atoms with Crippen molar-refractivity contribution < 1.29 is 0 Å². The van der Waals surface area contributed by atoms with Gasteiger partial charge in [-0.15, -0.1) is 0 Å². The lowest BCUT2D eigenvalue weighted by atomic mass is 9.36. The number of anilines is 9. The second-order valence-corrected chi connectivity index (χ2v) is 13.0. The minimum Gasteiger partial charge on any atom is -0.320 e. The average Bonchev–Trinajstić information content (AvgIpc) is 3.69. The Hall–Kier alpha value is -6.46. The van der Waals surface area contributed by atoms with Gasteiger partial charge in [0.1, 0.15) is 0 Å². The minimum atomic E-state index is 0.106. The van der Waals surface area contributed by atoms with Crippen LogP contribution in [0.3, 0.4) is 0 Å². The second kappa shape index (κ2) is 10.0. The highest BCUT2D eigenvalue weighted by Crippen LogP contribution is 2.51. The third-order valence-corrected chi connectivity index (χ3v) is 10.4. The smallest absolute Gasteiger partial charge is 0.275 e. The molecule has 4 nitrogen and oxygen atoms in total. The fraction of sp³-hybridized carbons (Fsp3) is 0. The van der Waals surface area contributed by atoms with Crippen molar-refractivity contribution in [3.05, 3.63) is 176 Å². The maximum atomic E-state index is 2.54. The molecule has 0 atom stereocenters. The van der Waals surface area contributed by atoms with E-state index < -0.39 is 0 Å². The number of hydrogen-bond donors (Lipinski definition) is 0. The predicted molar refractivity (Wildman–Crippen MR) is 206 cm³/mol. The van der Waals surface area contributed by atoms with E-state index in [1.54, 1.807) is 0 Å². The predicted octanol–water partition coefficient (Wildman–Crippen LogP) is 9.50. The third kappa shape index (κ3) is 3.59. The Morgan fingerprint density at radius 1 is 0.408 bits per heavy atom. The van der Waals surface area contributed by atoms with Crippen LogP contribution in [-0.4, -0.2) is 11.3 Å². The maximum Gasteiger partial charge on any atom is 0.275 e. The first-order chi connectivity index (χ1) is 24.4. The van der Waals surface area contributed by atoms with Crippen molar-refractivity contribution in [2.24, 2.45) is 0 Å². The van der Waals surface area contributed by atoms with Crippen molar-refractivity contribution >= 4 is 85.3 Å². The molecule has 0 spiro atoms. The molecule has 11 rings (SSSR count). The van der Waals surface area contributed by atoms with Gasteiger partial charge in [0, 0.05) is 56.5 Å². The lowest BCUT2D eigenvalue weighted by Crippen LogP contribution is -2.59. The zero-order valence-electron chi connectivity index (χ0n) is 26.6. The maximum absolute atomic E-state index is 2.54. The van der Waals surface area contributed by atoms with E-state index in [4.69, 9.17) is 0 Å². The van der Waals surface area contributed by atoms with Gasteiger partial charge in [-0.3, -0.25) is 0 Å². The SMILES string of the molecule is c1ccc(N(c2ccccc2)c2cc3c4c(c2)N(c2ccccc2)c2c5n(c6ccccc26)-c2cccc(c2B45)N3c2ccccc2)cc1. The molecule has 0 unspecified atom stereocenters. The summed E-state index contributed by atoms with van der Waals surface area (Å²) in [5.41, 5.74) is 17.1. The lowest BCUT2D eigenvalue weighted by Gasteiger charge is -2.42. The normalized spacial score (nSPS) is 13.2. The van der Waals surface area contributed by atoms with Crippen LogP contribution in [0.15, 0.2) is 176 Å². The number of hydrogen-bond acceptors (Lipinski definition) is 3. The summed E-state index contributed by atoms with van der Waals surface area (Å²) in [7, 11) is 0. The van der Waals surface area contributed by atoms with Crippen molar-refractivity contribution in [1.29, 1.82) is 0 Å². The summed E-state index contributed by atoms with van der Waals surface area (Å²) in [6.45, 7) is 0.106. The van der Waals surface area contributed by atoms with Crippen molar-refractivity contribution in [3.8, 4) is 5.69 Å². The van der Waals surface area contributed by atoms with E-state index in [0.717, 1.165) is 28.4 Å². The van der Waals surface area contributed by atoms with Gasteiger partial charge in [0.05, 0.1) is 16.9 Å². The zero-order chi connectivity index (χ0) is 32.1. The monoisotopic (exact) mass is 624 g/mol. The molecule has 3 aliphatic heterocycles. The molecule has 0 fully saturated rings. The van der Waals surface area contributed by atoms with E-state index in [1.165, 1.54) is 55.9 Å². The Morgan fingerprint density at radius 2 is 0.918 bits per heavy atom. The summed E-state index contributed by atoms with van der Waals surface area (Å²) in [5.74, 6) is 0. The van der Waals surface area contributed by atoms with Gasteiger partial charge in [-0.1, -0.05) is 97.1 Å². The number of rotatable bonds is 5. The Morgan fingerprint density at radius 3 is 1.57 bits per heavy atom. The second-order valence-electron chi connectivity index (χ2n) is 13.0. The van der Waals surface area contributed by atoms with Crippen molar-refractivity contribution in [2.45, 2.75) is 0 Å². The number of aromatic nitrogens is 1. The number of benzene rings is 7. The van der Waals surface area contributed by atoms with Gasteiger partial charge >= 0.3 is 0 Å². The lowest BCUT2D eigenvalue weighted by molar-refractivity contribution is 1.18. The quantitative estimate of drug-likeness (QED) is 0.177. The zero-order valence-corrected chi connectivity index (χ0v) is 26.6. The summed E-state index contributed by atoms with van der Waals surface area (Å²) in [5, 5.41) is 1.27. The summed E-state index contributed by atoms with van der Waals surface area (Å²) in [4.78, 5) is 7.42. The van der Waals surface area contributed by atoms with E-state index in [2.05, 4.69) is 195 Å². The van der Waals surface area contributed by atoms with Gasteiger partial charge < -0.3 is 19.3 Å². The molecule has 5 heteroatoms. The van der Waals surface area contributed by atoms with Crippen LogP contribution in [0, 0.1) is 0 Å².